The largest absolute Gasteiger partial charge is 0.502 e. The molecule has 34 heavy (non-hydrogen) atoms. The van der Waals surface area contributed by atoms with Crippen LogP contribution < -0.4 is 16.2 Å². The van der Waals surface area contributed by atoms with Crippen molar-refractivity contribution in [2.24, 2.45) is 5.92 Å². The van der Waals surface area contributed by atoms with Gasteiger partial charge in [-0.25, -0.2) is 4.39 Å². The minimum atomic E-state index is -1.28. The van der Waals surface area contributed by atoms with Gasteiger partial charge in [0.05, 0.1) is 16.5 Å². The van der Waals surface area contributed by atoms with Crippen molar-refractivity contribution in [1.82, 2.24) is 20.1 Å². The van der Waals surface area contributed by atoms with Crippen LogP contribution in [-0.4, -0.2) is 45.9 Å². The lowest BCUT2D eigenvalue weighted by Gasteiger charge is -2.34. The Morgan fingerprint density at radius 1 is 1.35 bits per heavy atom. The molecule has 1 aromatic carbocycles. The van der Waals surface area contributed by atoms with Crippen molar-refractivity contribution in [2.75, 3.05) is 13.6 Å². The molecule has 3 amide bonds. The predicted octanol–water partition coefficient (Wildman–Crippen LogP) is 1.49. The van der Waals surface area contributed by atoms with Gasteiger partial charge in [0.2, 0.25) is 5.91 Å². The van der Waals surface area contributed by atoms with Crippen LogP contribution in [0, 0.1) is 11.7 Å². The molecule has 1 fully saturated rings. The van der Waals surface area contributed by atoms with Crippen molar-refractivity contribution in [3.8, 4) is 5.75 Å². The summed E-state index contributed by atoms with van der Waals surface area (Å²) in [5.41, 5.74) is -1.49. The second kappa shape index (κ2) is 7.83. The number of aromatic hydroxyl groups is 1. The molecule has 2 aliphatic heterocycles. The van der Waals surface area contributed by atoms with Crippen LogP contribution in [0.2, 0.25) is 5.02 Å². The van der Waals surface area contributed by atoms with Crippen LogP contribution in [0.3, 0.4) is 0 Å². The number of carbonyl (C=O) groups is 3. The van der Waals surface area contributed by atoms with Crippen LogP contribution in [0.5, 0.6) is 5.75 Å². The van der Waals surface area contributed by atoms with Gasteiger partial charge in [-0.15, -0.1) is 0 Å². The lowest BCUT2D eigenvalue weighted by Crippen LogP contribution is -2.54. The van der Waals surface area contributed by atoms with Gasteiger partial charge in [-0.3, -0.25) is 23.7 Å². The highest BCUT2D eigenvalue weighted by atomic mass is 35.5. The number of fused-ring (bicyclic) bond motifs is 4. The molecule has 5 rings (SSSR count). The molecule has 2 atom stereocenters. The van der Waals surface area contributed by atoms with Gasteiger partial charge < -0.3 is 20.6 Å². The summed E-state index contributed by atoms with van der Waals surface area (Å²) < 4.78 is 14.7. The Kier molecular flexibility index (Phi) is 5.16. The number of halogens is 2. The first-order valence-electron chi connectivity index (χ1n) is 11.0. The summed E-state index contributed by atoms with van der Waals surface area (Å²) in [6, 6.07) is 4.11. The van der Waals surface area contributed by atoms with E-state index in [2.05, 4.69) is 10.6 Å². The monoisotopic (exact) mass is 488 g/mol. The maximum atomic E-state index is 13.5. The van der Waals surface area contributed by atoms with Gasteiger partial charge in [-0.2, -0.15) is 0 Å². The average molecular weight is 489 g/mol. The van der Waals surface area contributed by atoms with Crippen LogP contribution in [0.4, 0.5) is 4.39 Å². The van der Waals surface area contributed by atoms with E-state index in [1.54, 1.807) is 0 Å². The number of carbonyl (C=O) groups excluding carboxylic acids is 3. The van der Waals surface area contributed by atoms with Gasteiger partial charge in [0.1, 0.15) is 17.2 Å². The highest BCUT2D eigenvalue weighted by Gasteiger charge is 2.56. The van der Waals surface area contributed by atoms with Crippen LogP contribution >= 0.6 is 11.6 Å². The van der Waals surface area contributed by atoms with E-state index < -0.39 is 40.5 Å². The number of pyridine rings is 1. The molecule has 0 bridgehead atoms. The van der Waals surface area contributed by atoms with E-state index in [1.807, 2.05) is 0 Å². The molecular formula is C23H22ClFN4O5. The van der Waals surface area contributed by atoms with E-state index in [4.69, 9.17) is 11.6 Å². The molecular weight excluding hydrogens is 467 g/mol. The Bertz CT molecular complexity index is 1330. The second-order valence-corrected chi connectivity index (χ2v) is 9.26. The van der Waals surface area contributed by atoms with Crippen molar-refractivity contribution in [3.63, 3.8) is 0 Å². The van der Waals surface area contributed by atoms with E-state index in [0.717, 1.165) is 0 Å². The minimum Gasteiger partial charge on any atom is -0.502 e. The van der Waals surface area contributed by atoms with E-state index in [0.29, 0.717) is 24.8 Å². The molecule has 0 saturated heterocycles. The fraction of sp³-hybridized carbons (Fsp3) is 0.391. The number of hydrogen-bond donors (Lipinski definition) is 3. The van der Waals surface area contributed by atoms with Crippen molar-refractivity contribution in [1.29, 1.82) is 0 Å². The first kappa shape index (κ1) is 22.4. The third-order valence-electron chi connectivity index (χ3n) is 7.08. The van der Waals surface area contributed by atoms with Gasteiger partial charge in [-0.1, -0.05) is 17.7 Å². The van der Waals surface area contributed by atoms with Gasteiger partial charge in [0.25, 0.3) is 17.4 Å². The Morgan fingerprint density at radius 3 is 2.82 bits per heavy atom. The number of hydrogen-bond acceptors (Lipinski definition) is 5. The summed E-state index contributed by atoms with van der Waals surface area (Å²) in [5.74, 6) is -3.47. The van der Waals surface area contributed by atoms with Crippen LogP contribution in [0.15, 0.2) is 23.0 Å². The van der Waals surface area contributed by atoms with Crippen LogP contribution in [0.25, 0.3) is 0 Å². The predicted molar refractivity (Wildman–Crippen MR) is 119 cm³/mol. The van der Waals surface area contributed by atoms with Gasteiger partial charge >= 0.3 is 0 Å². The molecule has 11 heteroatoms. The molecule has 3 heterocycles. The first-order valence-corrected chi connectivity index (χ1v) is 11.4. The smallest absolute Gasteiger partial charge is 0.296 e. The number of amides is 3. The lowest BCUT2D eigenvalue weighted by atomic mass is 9.93. The molecule has 3 aliphatic rings. The molecule has 1 saturated carbocycles. The Morgan fingerprint density at radius 2 is 2.12 bits per heavy atom. The van der Waals surface area contributed by atoms with Crippen LogP contribution in [-0.2, 0) is 23.4 Å². The summed E-state index contributed by atoms with van der Waals surface area (Å²) in [7, 11) is 1.49. The Hall–Kier alpha value is -3.40. The van der Waals surface area contributed by atoms with Crippen molar-refractivity contribution >= 4 is 29.3 Å². The topological polar surface area (TPSA) is 121 Å². The fourth-order valence-electron chi connectivity index (χ4n) is 5.56. The van der Waals surface area contributed by atoms with Crippen molar-refractivity contribution < 1.29 is 23.9 Å². The average Bonchev–Trinajstić information content (AvgIpc) is 3.36. The van der Waals surface area contributed by atoms with Gasteiger partial charge in [0, 0.05) is 25.7 Å². The minimum absolute atomic E-state index is 0.0198. The maximum Gasteiger partial charge on any atom is 0.296 e. The fourth-order valence-corrected chi connectivity index (χ4v) is 5.76. The zero-order chi connectivity index (χ0) is 24.4. The van der Waals surface area contributed by atoms with E-state index >= 15 is 0 Å². The quantitative estimate of drug-likeness (QED) is 0.604. The number of nitrogens with one attached hydrogen (secondary N) is 2. The molecule has 2 aromatic rings. The summed E-state index contributed by atoms with van der Waals surface area (Å²) in [6.45, 7) is 0.301. The lowest BCUT2D eigenvalue weighted by molar-refractivity contribution is -0.127. The normalized spacial score (nSPS) is 23.1. The Labute approximate surface area is 198 Å². The van der Waals surface area contributed by atoms with E-state index in [-0.39, 0.29) is 47.3 Å². The molecule has 9 nitrogen and oxygen atoms in total. The number of aromatic nitrogens is 1. The molecule has 2 unspecified atom stereocenters. The SMILES string of the molecule is CNC(=O)C1CCCC12NC(=O)c1c3c(c(O)c(=O)n12)C(=O)N(Cc1ccc(F)c(Cl)c1)CC3. The third-order valence-corrected chi connectivity index (χ3v) is 7.37. The number of rotatable bonds is 3. The van der Waals surface area contributed by atoms with Gasteiger partial charge in [0.15, 0.2) is 5.75 Å². The highest BCUT2D eigenvalue weighted by molar-refractivity contribution is 6.30. The number of benzene rings is 1. The van der Waals surface area contributed by atoms with Crippen molar-refractivity contribution in [3.05, 3.63) is 61.8 Å². The first-order chi connectivity index (χ1) is 16.2. The second-order valence-electron chi connectivity index (χ2n) is 8.85. The summed E-state index contributed by atoms with van der Waals surface area (Å²) >= 11 is 5.84. The summed E-state index contributed by atoms with van der Waals surface area (Å²) in [5, 5.41) is 16.2. The molecule has 178 valence electrons. The molecule has 0 radical (unpaired) electrons. The number of nitrogens with zero attached hydrogens (tertiary/aromatic N) is 2. The zero-order valence-corrected chi connectivity index (χ0v) is 19.0. The molecule has 1 aliphatic carbocycles. The zero-order valence-electron chi connectivity index (χ0n) is 18.3. The van der Waals surface area contributed by atoms with Crippen molar-refractivity contribution in [2.45, 2.75) is 37.9 Å². The standard InChI is InChI=1S/C23H22ClFN4O5/c1-26-19(31)13-3-2-7-23(13)27-20(32)17-12-6-8-28(10-11-4-5-15(25)14(24)9-11)21(33)16(12)18(30)22(34)29(17)23/h4-5,9,13,30H,2-3,6-8,10H2,1H3,(H,26,31)(H,27,32). The highest BCUT2D eigenvalue weighted by Crippen LogP contribution is 2.45. The maximum absolute atomic E-state index is 13.5. The van der Waals surface area contributed by atoms with Crippen LogP contribution in [0.1, 0.15) is 51.2 Å². The molecule has 1 spiro atoms. The molecule has 1 aromatic heterocycles. The summed E-state index contributed by atoms with van der Waals surface area (Å²) in [6.07, 6.45) is 1.65. The third kappa shape index (κ3) is 3.04. The molecule has 3 N–H and O–H groups in total. The van der Waals surface area contributed by atoms with Gasteiger partial charge in [-0.05, 0) is 43.4 Å². The van der Waals surface area contributed by atoms with E-state index in [9.17, 15) is 28.7 Å². The Balaban J connectivity index is 1.59. The summed E-state index contributed by atoms with van der Waals surface area (Å²) in [4.78, 5) is 53.7. The van der Waals surface area contributed by atoms with E-state index in [1.165, 1.54) is 34.7 Å².